The van der Waals surface area contributed by atoms with E-state index in [1.54, 1.807) is 0 Å². The van der Waals surface area contributed by atoms with Gasteiger partial charge in [0.2, 0.25) is 5.91 Å². The quantitative estimate of drug-likeness (QED) is 0.587. The molecular formula is C30H34N2O2. The molecule has 1 atom stereocenters. The smallest absolute Gasteiger partial charge is 0.238 e. The van der Waals surface area contributed by atoms with Gasteiger partial charge in [0.1, 0.15) is 5.41 Å². The lowest BCUT2D eigenvalue weighted by Gasteiger charge is -2.45. The summed E-state index contributed by atoms with van der Waals surface area (Å²) in [5.41, 5.74) is 3.02. The van der Waals surface area contributed by atoms with Gasteiger partial charge in [-0.2, -0.15) is 0 Å². The molecule has 176 valence electrons. The van der Waals surface area contributed by atoms with E-state index >= 15 is 0 Å². The minimum atomic E-state index is -0.763. The summed E-state index contributed by atoms with van der Waals surface area (Å²) in [5.74, 6) is 0.206. The van der Waals surface area contributed by atoms with Gasteiger partial charge in [-0.15, -0.1) is 0 Å². The van der Waals surface area contributed by atoms with E-state index in [2.05, 4.69) is 48.2 Å². The van der Waals surface area contributed by atoms with Crippen LogP contribution in [0.1, 0.15) is 48.4 Å². The first-order valence-electron chi connectivity index (χ1n) is 12.5. The summed E-state index contributed by atoms with van der Waals surface area (Å²) >= 11 is 0. The molecule has 2 aliphatic rings. The van der Waals surface area contributed by atoms with Crippen molar-refractivity contribution in [2.75, 3.05) is 26.2 Å². The zero-order valence-corrected chi connectivity index (χ0v) is 20.0. The van der Waals surface area contributed by atoms with Crippen molar-refractivity contribution in [1.29, 1.82) is 0 Å². The highest BCUT2D eigenvalue weighted by molar-refractivity contribution is 5.94. The number of rotatable bonds is 6. The van der Waals surface area contributed by atoms with Gasteiger partial charge in [-0.1, -0.05) is 84.9 Å². The van der Waals surface area contributed by atoms with E-state index in [0.29, 0.717) is 25.9 Å². The minimum absolute atomic E-state index is 0.206. The molecule has 4 heteroatoms. The first-order chi connectivity index (χ1) is 16.6. The normalized spacial score (nSPS) is 22.4. The molecule has 34 heavy (non-hydrogen) atoms. The van der Waals surface area contributed by atoms with Crippen molar-refractivity contribution in [3.8, 4) is 0 Å². The van der Waals surface area contributed by atoms with Crippen LogP contribution < -0.4 is 0 Å². The van der Waals surface area contributed by atoms with E-state index in [0.717, 1.165) is 42.7 Å². The van der Waals surface area contributed by atoms with Crippen LogP contribution in [0.25, 0.3) is 0 Å². The second kappa shape index (κ2) is 9.36. The van der Waals surface area contributed by atoms with E-state index in [1.165, 1.54) is 5.56 Å². The molecular weight excluding hydrogens is 420 g/mol. The molecule has 1 fully saturated rings. The summed E-state index contributed by atoms with van der Waals surface area (Å²) in [6.45, 7) is 5.91. The van der Waals surface area contributed by atoms with Crippen molar-refractivity contribution in [3.63, 3.8) is 0 Å². The number of nitrogens with zero attached hydrogens (tertiary/aromatic N) is 2. The molecule has 4 nitrogen and oxygen atoms in total. The molecule has 0 bridgehead atoms. The summed E-state index contributed by atoms with van der Waals surface area (Å²) in [6.07, 6.45) is 2.15. The minimum Gasteiger partial charge on any atom is -0.385 e. The molecule has 0 aromatic heterocycles. The van der Waals surface area contributed by atoms with Gasteiger partial charge in [-0.05, 0) is 55.0 Å². The molecule has 1 saturated heterocycles. The lowest BCUT2D eigenvalue weighted by Crippen LogP contribution is -2.53. The number of likely N-dealkylation sites (tertiary alicyclic amines) is 1. The van der Waals surface area contributed by atoms with Crippen molar-refractivity contribution in [2.24, 2.45) is 0 Å². The molecule has 2 aliphatic heterocycles. The number of piperidine rings is 1. The van der Waals surface area contributed by atoms with Gasteiger partial charge >= 0.3 is 0 Å². The highest BCUT2D eigenvalue weighted by atomic mass is 16.3. The van der Waals surface area contributed by atoms with E-state index in [9.17, 15) is 9.90 Å². The fourth-order valence-electron chi connectivity index (χ4n) is 5.89. The maximum absolute atomic E-state index is 14.1. The second-order valence-electron chi connectivity index (χ2n) is 9.74. The van der Waals surface area contributed by atoms with E-state index in [4.69, 9.17) is 0 Å². The van der Waals surface area contributed by atoms with Gasteiger partial charge in [0.15, 0.2) is 0 Å². The Hall–Kier alpha value is -2.95. The highest BCUT2D eigenvalue weighted by Gasteiger charge is 2.48. The second-order valence-corrected chi connectivity index (χ2v) is 9.74. The van der Waals surface area contributed by atoms with Gasteiger partial charge in [-0.3, -0.25) is 4.79 Å². The summed E-state index contributed by atoms with van der Waals surface area (Å²) in [4.78, 5) is 18.5. The Kier molecular flexibility index (Phi) is 6.28. The average molecular weight is 455 g/mol. The zero-order valence-electron chi connectivity index (χ0n) is 20.0. The van der Waals surface area contributed by atoms with Crippen molar-refractivity contribution in [1.82, 2.24) is 9.80 Å². The maximum atomic E-state index is 14.1. The van der Waals surface area contributed by atoms with E-state index < -0.39 is 11.0 Å². The summed E-state index contributed by atoms with van der Waals surface area (Å²) in [6, 6.07) is 28.8. The third-order valence-electron chi connectivity index (χ3n) is 7.94. The van der Waals surface area contributed by atoms with Crippen molar-refractivity contribution < 1.29 is 9.90 Å². The molecule has 0 spiro atoms. The van der Waals surface area contributed by atoms with E-state index in [-0.39, 0.29) is 5.91 Å². The standard InChI is InChI=1S/C30H34N2O2/c1-2-32-23-24-11-9-10-16-27(24)30(28(32)33,26-14-7-4-8-15-26)19-22-31-20-17-29(34,18-21-31)25-12-5-3-6-13-25/h3-16,34H,2,17-23H2,1H3. The lowest BCUT2D eigenvalue weighted by molar-refractivity contribution is -0.138. The number of carbonyl (C=O) groups is 1. The Balaban J connectivity index is 1.42. The zero-order chi connectivity index (χ0) is 23.6. The highest BCUT2D eigenvalue weighted by Crippen LogP contribution is 2.43. The molecule has 3 aromatic carbocycles. The van der Waals surface area contributed by atoms with Crippen LogP contribution in [0.5, 0.6) is 0 Å². The molecule has 1 unspecified atom stereocenters. The van der Waals surface area contributed by atoms with Crippen LogP contribution >= 0.6 is 0 Å². The lowest BCUT2D eigenvalue weighted by atomic mass is 9.67. The summed E-state index contributed by atoms with van der Waals surface area (Å²) < 4.78 is 0. The van der Waals surface area contributed by atoms with Gasteiger partial charge in [0.25, 0.3) is 0 Å². The number of carbonyl (C=O) groups excluding carboxylic acids is 1. The van der Waals surface area contributed by atoms with Gasteiger partial charge in [0, 0.05) is 26.2 Å². The molecule has 0 radical (unpaired) electrons. The van der Waals surface area contributed by atoms with Crippen molar-refractivity contribution >= 4 is 5.91 Å². The Bertz CT molecular complexity index is 1120. The number of amides is 1. The number of benzene rings is 3. The first-order valence-corrected chi connectivity index (χ1v) is 12.5. The first kappa shape index (κ1) is 22.8. The van der Waals surface area contributed by atoms with Crippen molar-refractivity contribution in [2.45, 2.75) is 43.7 Å². The molecule has 0 saturated carbocycles. The Morgan fingerprint density at radius 3 is 2.06 bits per heavy atom. The fourth-order valence-corrected chi connectivity index (χ4v) is 5.89. The molecule has 0 aliphatic carbocycles. The molecule has 1 N–H and O–H groups in total. The third kappa shape index (κ3) is 3.95. The predicted molar refractivity (Wildman–Crippen MR) is 135 cm³/mol. The SMILES string of the molecule is CCN1Cc2ccccc2C(CCN2CCC(O)(c3ccccc3)CC2)(c2ccccc2)C1=O. The molecule has 5 rings (SSSR count). The molecule has 3 aromatic rings. The third-order valence-corrected chi connectivity index (χ3v) is 7.94. The van der Waals surface area contributed by atoms with Gasteiger partial charge < -0.3 is 14.9 Å². The van der Waals surface area contributed by atoms with E-state index in [1.807, 2.05) is 53.4 Å². The van der Waals surface area contributed by atoms with Crippen LogP contribution in [0.2, 0.25) is 0 Å². The van der Waals surface area contributed by atoms with Gasteiger partial charge in [-0.25, -0.2) is 0 Å². The Morgan fingerprint density at radius 2 is 1.41 bits per heavy atom. The van der Waals surface area contributed by atoms with Crippen LogP contribution in [0, 0.1) is 0 Å². The average Bonchev–Trinajstić information content (AvgIpc) is 2.90. The topological polar surface area (TPSA) is 43.8 Å². The number of likely N-dealkylation sites (N-methyl/N-ethyl adjacent to an activating group) is 1. The van der Waals surface area contributed by atoms with Crippen LogP contribution in [0.3, 0.4) is 0 Å². The van der Waals surface area contributed by atoms with Crippen LogP contribution in [0.15, 0.2) is 84.9 Å². The summed E-state index contributed by atoms with van der Waals surface area (Å²) in [5, 5.41) is 11.3. The number of fused-ring (bicyclic) bond motifs is 1. The summed E-state index contributed by atoms with van der Waals surface area (Å²) in [7, 11) is 0. The number of hydrogen-bond acceptors (Lipinski definition) is 3. The van der Waals surface area contributed by atoms with Gasteiger partial charge in [0.05, 0.1) is 5.60 Å². The van der Waals surface area contributed by atoms with Crippen molar-refractivity contribution in [3.05, 3.63) is 107 Å². The fraction of sp³-hybridized carbons (Fsp3) is 0.367. The monoisotopic (exact) mass is 454 g/mol. The molecule has 2 heterocycles. The van der Waals surface area contributed by atoms with Crippen LogP contribution in [-0.4, -0.2) is 47.0 Å². The Labute approximate surface area is 202 Å². The Morgan fingerprint density at radius 1 is 0.824 bits per heavy atom. The molecule has 1 amide bonds. The maximum Gasteiger partial charge on any atom is 0.238 e. The number of hydrogen-bond donors (Lipinski definition) is 1. The largest absolute Gasteiger partial charge is 0.385 e. The van der Waals surface area contributed by atoms with Crippen LogP contribution in [0.4, 0.5) is 0 Å². The predicted octanol–water partition coefficient (Wildman–Crippen LogP) is 4.71. The van der Waals surface area contributed by atoms with Crippen LogP contribution in [-0.2, 0) is 22.4 Å². The number of aliphatic hydroxyl groups is 1.